The molecule has 94 valence electrons. The highest BCUT2D eigenvalue weighted by atomic mass is 16.2. The van der Waals surface area contributed by atoms with Gasteiger partial charge in [-0.15, -0.1) is 0 Å². The Hall–Kier alpha value is -1.01. The van der Waals surface area contributed by atoms with E-state index in [0.29, 0.717) is 0 Å². The molecule has 2 saturated heterocycles. The van der Waals surface area contributed by atoms with Gasteiger partial charge in [0.2, 0.25) is 0 Å². The maximum atomic E-state index is 11.8. The highest BCUT2D eigenvalue weighted by molar-refractivity contribution is 5.93. The molecule has 2 aliphatic heterocycles. The Kier molecular flexibility index (Phi) is 3.73. The molecule has 2 heterocycles. The van der Waals surface area contributed by atoms with Crippen molar-refractivity contribution in [3.63, 3.8) is 0 Å². The zero-order valence-electron chi connectivity index (χ0n) is 11.0. The van der Waals surface area contributed by atoms with Crippen LogP contribution in [0.15, 0.2) is 0 Å². The van der Waals surface area contributed by atoms with Crippen LogP contribution in [0.4, 0.5) is 0 Å². The highest BCUT2D eigenvalue weighted by Gasteiger charge is 2.27. The molecule has 1 amide bonds. The van der Waals surface area contributed by atoms with Crippen molar-refractivity contribution in [1.29, 1.82) is 0 Å². The largest absolute Gasteiger partial charge is 0.332 e. The van der Waals surface area contributed by atoms with Gasteiger partial charge in [-0.3, -0.25) is 9.69 Å². The first-order chi connectivity index (χ1) is 8.09. The number of likely N-dealkylation sites (tertiary alicyclic amines) is 2. The summed E-state index contributed by atoms with van der Waals surface area (Å²) >= 11 is 0. The smallest absolute Gasteiger partial charge is 0.298 e. The number of hydrogen-bond donors (Lipinski definition) is 0. The molecule has 0 aromatic rings. The molecule has 0 aromatic heterocycles. The Morgan fingerprint density at radius 3 is 2.12 bits per heavy atom. The Bertz CT molecular complexity index is 339. The molecule has 0 bridgehead atoms. The standard InChI is InChI=1S/C14H22N2O/c1-14(2,16-11-5-6-12-16)8-7-13(17)15-9-3-4-10-15/h3-6,9-12H2,1-2H3. The summed E-state index contributed by atoms with van der Waals surface area (Å²) in [6.07, 6.45) is 4.77. The van der Waals surface area contributed by atoms with E-state index in [4.69, 9.17) is 0 Å². The van der Waals surface area contributed by atoms with Gasteiger partial charge in [-0.25, -0.2) is 0 Å². The monoisotopic (exact) mass is 234 g/mol. The summed E-state index contributed by atoms with van der Waals surface area (Å²) in [6.45, 7) is 8.22. The Morgan fingerprint density at radius 2 is 1.53 bits per heavy atom. The fraction of sp³-hybridized carbons (Fsp3) is 0.786. The van der Waals surface area contributed by atoms with E-state index in [1.54, 1.807) is 0 Å². The Labute approximate surface area is 104 Å². The van der Waals surface area contributed by atoms with Gasteiger partial charge in [0.15, 0.2) is 0 Å². The first-order valence-corrected chi connectivity index (χ1v) is 6.67. The SMILES string of the molecule is CC(C)(C#CC(=O)N1CCCC1)N1CCCC1. The van der Waals surface area contributed by atoms with Crippen LogP contribution < -0.4 is 0 Å². The predicted octanol–water partition coefficient (Wildman–Crippen LogP) is 1.49. The van der Waals surface area contributed by atoms with Crippen LogP contribution in [-0.4, -0.2) is 47.4 Å². The lowest BCUT2D eigenvalue weighted by Gasteiger charge is -2.30. The van der Waals surface area contributed by atoms with Gasteiger partial charge in [-0.2, -0.15) is 0 Å². The molecule has 0 N–H and O–H groups in total. The minimum absolute atomic E-state index is 0.00905. The molecule has 2 rings (SSSR count). The molecule has 0 spiro atoms. The van der Waals surface area contributed by atoms with E-state index >= 15 is 0 Å². The Balaban J connectivity index is 1.96. The van der Waals surface area contributed by atoms with Gasteiger partial charge in [-0.05, 0) is 58.5 Å². The molecule has 2 fully saturated rings. The van der Waals surface area contributed by atoms with Crippen molar-refractivity contribution < 1.29 is 4.79 Å². The minimum Gasteiger partial charge on any atom is -0.332 e. The summed E-state index contributed by atoms with van der Waals surface area (Å²) in [5.74, 6) is 6.01. The number of rotatable bonds is 1. The second-order valence-corrected chi connectivity index (χ2v) is 5.50. The van der Waals surface area contributed by atoms with Crippen molar-refractivity contribution in [2.24, 2.45) is 0 Å². The second-order valence-electron chi connectivity index (χ2n) is 5.50. The van der Waals surface area contributed by atoms with Crippen LogP contribution >= 0.6 is 0 Å². The van der Waals surface area contributed by atoms with Gasteiger partial charge in [-0.1, -0.05) is 5.92 Å². The van der Waals surface area contributed by atoms with Crippen molar-refractivity contribution >= 4 is 5.91 Å². The lowest BCUT2D eigenvalue weighted by molar-refractivity contribution is -0.124. The molecule has 0 aromatic carbocycles. The van der Waals surface area contributed by atoms with Crippen molar-refractivity contribution in [2.45, 2.75) is 45.1 Å². The van der Waals surface area contributed by atoms with Crippen molar-refractivity contribution in [3.8, 4) is 11.8 Å². The maximum absolute atomic E-state index is 11.8. The maximum Gasteiger partial charge on any atom is 0.298 e. The molecule has 17 heavy (non-hydrogen) atoms. The number of hydrogen-bond acceptors (Lipinski definition) is 2. The normalized spacial score (nSPS) is 21.4. The summed E-state index contributed by atoms with van der Waals surface area (Å²) in [7, 11) is 0. The van der Waals surface area contributed by atoms with Gasteiger partial charge >= 0.3 is 0 Å². The molecular weight excluding hydrogens is 212 g/mol. The van der Waals surface area contributed by atoms with E-state index in [9.17, 15) is 4.79 Å². The van der Waals surface area contributed by atoms with Crippen LogP contribution in [0.5, 0.6) is 0 Å². The fourth-order valence-electron chi connectivity index (χ4n) is 2.56. The van der Waals surface area contributed by atoms with Crippen molar-refractivity contribution in [2.75, 3.05) is 26.2 Å². The lowest BCUT2D eigenvalue weighted by Crippen LogP contribution is -2.41. The van der Waals surface area contributed by atoms with Gasteiger partial charge in [0.1, 0.15) is 0 Å². The van der Waals surface area contributed by atoms with E-state index < -0.39 is 0 Å². The molecule has 0 atom stereocenters. The summed E-state index contributed by atoms with van der Waals surface area (Å²) in [5, 5.41) is 0. The average molecular weight is 234 g/mol. The van der Waals surface area contributed by atoms with Gasteiger partial charge < -0.3 is 4.90 Å². The quantitative estimate of drug-likeness (QED) is 0.642. The zero-order chi connectivity index (χ0) is 12.3. The molecule has 0 radical (unpaired) electrons. The van der Waals surface area contributed by atoms with Crippen molar-refractivity contribution in [3.05, 3.63) is 0 Å². The number of amides is 1. The van der Waals surface area contributed by atoms with Gasteiger partial charge in [0.05, 0.1) is 5.54 Å². The van der Waals surface area contributed by atoms with Crippen LogP contribution in [0.25, 0.3) is 0 Å². The number of nitrogens with zero attached hydrogens (tertiary/aromatic N) is 2. The van der Waals surface area contributed by atoms with Crippen molar-refractivity contribution in [1.82, 2.24) is 9.80 Å². The number of carbonyl (C=O) groups is 1. The van der Waals surface area contributed by atoms with Gasteiger partial charge in [0, 0.05) is 13.1 Å². The van der Waals surface area contributed by atoms with E-state index in [1.165, 1.54) is 12.8 Å². The molecule has 3 heteroatoms. The predicted molar refractivity (Wildman–Crippen MR) is 68.5 cm³/mol. The van der Waals surface area contributed by atoms with E-state index in [2.05, 4.69) is 30.6 Å². The topological polar surface area (TPSA) is 23.6 Å². The molecule has 0 saturated carbocycles. The zero-order valence-corrected chi connectivity index (χ0v) is 11.0. The third-order valence-electron chi connectivity index (χ3n) is 3.77. The molecule has 0 unspecified atom stereocenters. The average Bonchev–Trinajstić information content (AvgIpc) is 2.97. The van der Waals surface area contributed by atoms with E-state index in [0.717, 1.165) is 39.0 Å². The Morgan fingerprint density at radius 1 is 1.00 bits per heavy atom. The van der Waals surface area contributed by atoms with Crippen LogP contribution in [0.2, 0.25) is 0 Å². The summed E-state index contributed by atoms with van der Waals surface area (Å²) in [5.41, 5.74) is -0.161. The van der Waals surface area contributed by atoms with E-state index in [1.807, 2.05) is 4.90 Å². The molecule has 3 nitrogen and oxygen atoms in total. The lowest BCUT2D eigenvalue weighted by atomic mass is 10.0. The third-order valence-corrected chi connectivity index (χ3v) is 3.77. The van der Waals surface area contributed by atoms with E-state index in [-0.39, 0.29) is 11.4 Å². The molecule has 2 aliphatic rings. The second kappa shape index (κ2) is 5.10. The minimum atomic E-state index is -0.161. The van der Waals surface area contributed by atoms with Crippen LogP contribution in [0.1, 0.15) is 39.5 Å². The number of carbonyl (C=O) groups excluding carboxylic acids is 1. The fourth-order valence-corrected chi connectivity index (χ4v) is 2.56. The van der Waals surface area contributed by atoms with Crippen LogP contribution in [-0.2, 0) is 4.79 Å². The third kappa shape index (κ3) is 3.01. The summed E-state index contributed by atoms with van der Waals surface area (Å²) in [6, 6.07) is 0. The first-order valence-electron chi connectivity index (χ1n) is 6.67. The first kappa shape index (κ1) is 12.4. The molecule has 0 aliphatic carbocycles. The van der Waals surface area contributed by atoms with Crippen LogP contribution in [0.3, 0.4) is 0 Å². The van der Waals surface area contributed by atoms with Crippen LogP contribution in [0, 0.1) is 11.8 Å². The molecular formula is C14H22N2O. The van der Waals surface area contributed by atoms with Gasteiger partial charge in [0.25, 0.3) is 5.91 Å². The highest BCUT2D eigenvalue weighted by Crippen LogP contribution is 2.20. The summed E-state index contributed by atoms with van der Waals surface area (Å²) < 4.78 is 0. The summed E-state index contributed by atoms with van der Waals surface area (Å²) in [4.78, 5) is 16.1.